The number of anilines is 2. The standard InChI is InChI=1S/C33H31N3O5S3/c1-20(29(37)36-32-28(33(40)41-2)25-15-6-7-16-27(25)44-32)43-24-13-8-12-22(18-24)34-31(39)26(19-23-14-9-17-42-23)35-30(38)21-10-4-3-5-11-21/h3-5,8-14,17-20H,6-7,15-16H2,1-2H3,(H,34,39)(H,35,38)(H,36,37)/b26-19-. The van der Waals surface area contributed by atoms with E-state index in [2.05, 4.69) is 16.0 Å². The van der Waals surface area contributed by atoms with Crippen LogP contribution in [0.3, 0.4) is 0 Å². The van der Waals surface area contributed by atoms with E-state index in [1.807, 2.05) is 29.6 Å². The number of nitrogens with one attached hydrogen (secondary N) is 3. The Hall–Kier alpha value is -4.19. The Balaban J connectivity index is 1.27. The molecule has 2 aromatic heterocycles. The van der Waals surface area contributed by atoms with Crippen LogP contribution in [0.5, 0.6) is 0 Å². The van der Waals surface area contributed by atoms with Gasteiger partial charge in [-0.25, -0.2) is 4.79 Å². The van der Waals surface area contributed by atoms with Crippen LogP contribution < -0.4 is 16.0 Å². The number of hydrogen-bond donors (Lipinski definition) is 3. The molecule has 5 rings (SSSR count). The molecule has 0 saturated carbocycles. The summed E-state index contributed by atoms with van der Waals surface area (Å²) in [7, 11) is 1.35. The predicted molar refractivity (Wildman–Crippen MR) is 178 cm³/mol. The van der Waals surface area contributed by atoms with E-state index >= 15 is 0 Å². The minimum Gasteiger partial charge on any atom is -0.465 e. The quantitative estimate of drug-likeness (QED) is 0.0972. The molecule has 1 unspecified atom stereocenters. The second kappa shape index (κ2) is 14.5. The number of ether oxygens (including phenoxy) is 1. The van der Waals surface area contributed by atoms with Gasteiger partial charge in [-0.1, -0.05) is 30.3 Å². The number of hydrogen-bond acceptors (Lipinski definition) is 8. The third-order valence-electron chi connectivity index (χ3n) is 6.93. The Morgan fingerprint density at radius 2 is 1.75 bits per heavy atom. The molecule has 0 saturated heterocycles. The van der Waals surface area contributed by atoms with Crippen molar-refractivity contribution < 1.29 is 23.9 Å². The molecule has 4 aromatic rings. The SMILES string of the molecule is COC(=O)c1c(NC(=O)C(C)Sc2cccc(NC(=O)/C(=C/c3cccs3)NC(=O)c3ccccc3)c2)sc2c1CCCC2. The number of thioether (sulfide) groups is 1. The van der Waals surface area contributed by atoms with Gasteiger partial charge in [0.2, 0.25) is 5.91 Å². The number of amides is 3. The zero-order valence-electron chi connectivity index (χ0n) is 24.2. The maximum absolute atomic E-state index is 13.3. The summed E-state index contributed by atoms with van der Waals surface area (Å²) in [5.41, 5.74) is 2.50. The van der Waals surface area contributed by atoms with Gasteiger partial charge in [0.1, 0.15) is 10.7 Å². The van der Waals surface area contributed by atoms with Gasteiger partial charge >= 0.3 is 5.97 Å². The van der Waals surface area contributed by atoms with Crippen LogP contribution in [0.1, 0.15) is 55.8 Å². The Bertz CT molecular complexity index is 1700. The largest absolute Gasteiger partial charge is 0.465 e. The van der Waals surface area contributed by atoms with E-state index in [0.717, 1.165) is 45.9 Å². The van der Waals surface area contributed by atoms with Crippen molar-refractivity contribution in [1.82, 2.24) is 5.32 Å². The molecule has 3 N–H and O–H groups in total. The second-order valence-electron chi connectivity index (χ2n) is 10.0. The number of methoxy groups -OCH3 is 1. The van der Waals surface area contributed by atoms with Crippen molar-refractivity contribution in [3.05, 3.63) is 104 Å². The Kier molecular flexibility index (Phi) is 10.3. The number of rotatable bonds is 10. The molecule has 2 heterocycles. The van der Waals surface area contributed by atoms with E-state index in [1.165, 1.54) is 41.5 Å². The third kappa shape index (κ3) is 7.65. The van der Waals surface area contributed by atoms with Crippen molar-refractivity contribution >= 4 is 74.9 Å². The van der Waals surface area contributed by atoms with Crippen LogP contribution in [-0.2, 0) is 27.2 Å². The smallest absolute Gasteiger partial charge is 0.341 e. The predicted octanol–water partition coefficient (Wildman–Crippen LogP) is 7.00. The number of carbonyl (C=O) groups is 4. The van der Waals surface area contributed by atoms with Crippen molar-refractivity contribution in [2.45, 2.75) is 42.8 Å². The van der Waals surface area contributed by atoms with Gasteiger partial charge in [-0.2, -0.15) is 0 Å². The lowest BCUT2D eigenvalue weighted by Gasteiger charge is -2.14. The zero-order chi connectivity index (χ0) is 31.1. The summed E-state index contributed by atoms with van der Waals surface area (Å²) >= 11 is 4.23. The van der Waals surface area contributed by atoms with Crippen LogP contribution in [0.4, 0.5) is 10.7 Å². The first-order valence-corrected chi connectivity index (χ1v) is 16.6. The number of esters is 1. The highest BCUT2D eigenvalue weighted by Crippen LogP contribution is 2.39. The molecular formula is C33H31N3O5S3. The highest BCUT2D eigenvalue weighted by molar-refractivity contribution is 8.00. The normalized spacial score (nSPS) is 13.4. The van der Waals surface area contributed by atoms with Gasteiger partial charge in [-0.3, -0.25) is 14.4 Å². The molecule has 1 aliphatic rings. The highest BCUT2D eigenvalue weighted by Gasteiger charge is 2.28. The van der Waals surface area contributed by atoms with Crippen LogP contribution in [0.25, 0.3) is 6.08 Å². The van der Waals surface area contributed by atoms with Crippen LogP contribution >= 0.6 is 34.4 Å². The average Bonchev–Trinajstić information content (AvgIpc) is 3.68. The summed E-state index contributed by atoms with van der Waals surface area (Å²) in [6.07, 6.45) is 5.39. The fraction of sp³-hybridized carbons (Fsp3) is 0.212. The van der Waals surface area contributed by atoms with Gasteiger partial charge in [0, 0.05) is 25.9 Å². The van der Waals surface area contributed by atoms with Crippen molar-refractivity contribution in [3.63, 3.8) is 0 Å². The summed E-state index contributed by atoms with van der Waals surface area (Å²) in [4.78, 5) is 54.7. The summed E-state index contributed by atoms with van der Waals surface area (Å²) in [5.74, 6) is -1.55. The lowest BCUT2D eigenvalue weighted by molar-refractivity contribution is -0.115. The Labute approximate surface area is 267 Å². The minimum absolute atomic E-state index is 0.104. The summed E-state index contributed by atoms with van der Waals surface area (Å²) in [6.45, 7) is 1.79. The van der Waals surface area contributed by atoms with Gasteiger partial charge in [-0.15, -0.1) is 34.4 Å². The summed E-state index contributed by atoms with van der Waals surface area (Å²) in [6, 6.07) is 19.6. The van der Waals surface area contributed by atoms with Crippen LogP contribution in [0, 0.1) is 0 Å². The molecule has 1 aliphatic carbocycles. The van der Waals surface area contributed by atoms with Crippen molar-refractivity contribution in [2.24, 2.45) is 0 Å². The molecule has 8 nitrogen and oxygen atoms in total. The van der Waals surface area contributed by atoms with Crippen LogP contribution in [0.15, 0.2) is 82.7 Å². The van der Waals surface area contributed by atoms with Gasteiger partial charge in [0.05, 0.1) is 17.9 Å². The molecule has 3 amide bonds. The van der Waals surface area contributed by atoms with E-state index in [4.69, 9.17) is 4.74 Å². The molecule has 44 heavy (non-hydrogen) atoms. The number of fused-ring (bicyclic) bond motifs is 1. The first kappa shape index (κ1) is 31.2. The van der Waals surface area contributed by atoms with E-state index in [9.17, 15) is 19.2 Å². The molecule has 1 atom stereocenters. The highest BCUT2D eigenvalue weighted by atomic mass is 32.2. The number of thiophene rings is 2. The fourth-order valence-corrected chi connectivity index (χ4v) is 7.61. The zero-order valence-corrected chi connectivity index (χ0v) is 26.6. The average molecular weight is 646 g/mol. The minimum atomic E-state index is -0.495. The summed E-state index contributed by atoms with van der Waals surface area (Å²) < 4.78 is 5.02. The molecule has 0 aliphatic heterocycles. The molecule has 11 heteroatoms. The van der Waals surface area contributed by atoms with E-state index in [0.29, 0.717) is 21.8 Å². The number of benzene rings is 2. The molecule has 0 spiro atoms. The van der Waals surface area contributed by atoms with Crippen LogP contribution in [0.2, 0.25) is 0 Å². The lowest BCUT2D eigenvalue weighted by atomic mass is 9.95. The molecule has 0 fully saturated rings. The monoisotopic (exact) mass is 645 g/mol. The fourth-order valence-electron chi connectivity index (χ4n) is 4.75. The van der Waals surface area contributed by atoms with Crippen molar-refractivity contribution in [1.29, 1.82) is 0 Å². The maximum Gasteiger partial charge on any atom is 0.341 e. The first-order valence-electron chi connectivity index (χ1n) is 14.1. The van der Waals surface area contributed by atoms with Gasteiger partial charge in [0.25, 0.3) is 11.8 Å². The maximum atomic E-state index is 13.3. The third-order valence-corrected chi connectivity index (χ3v) is 10.1. The van der Waals surface area contributed by atoms with Crippen LogP contribution in [-0.4, -0.2) is 36.1 Å². The number of carbonyl (C=O) groups excluding carboxylic acids is 4. The lowest BCUT2D eigenvalue weighted by Crippen LogP contribution is -2.30. The molecule has 0 bridgehead atoms. The summed E-state index contributed by atoms with van der Waals surface area (Å²) in [5, 5.41) is 10.5. The van der Waals surface area contributed by atoms with Gasteiger partial charge < -0.3 is 20.7 Å². The van der Waals surface area contributed by atoms with Crippen molar-refractivity contribution in [2.75, 3.05) is 17.7 Å². The van der Waals surface area contributed by atoms with E-state index in [-0.39, 0.29) is 11.6 Å². The molecule has 2 aromatic carbocycles. The Morgan fingerprint density at radius 1 is 0.955 bits per heavy atom. The van der Waals surface area contributed by atoms with Gasteiger partial charge in [0.15, 0.2) is 0 Å². The molecule has 226 valence electrons. The second-order valence-corrected chi connectivity index (χ2v) is 13.5. The first-order chi connectivity index (χ1) is 21.3. The van der Waals surface area contributed by atoms with E-state index < -0.39 is 23.0 Å². The molecular weight excluding hydrogens is 615 g/mol. The Morgan fingerprint density at radius 3 is 2.50 bits per heavy atom. The van der Waals surface area contributed by atoms with Crippen molar-refractivity contribution in [3.8, 4) is 0 Å². The molecule has 0 radical (unpaired) electrons. The number of aryl methyl sites for hydroxylation is 1. The van der Waals surface area contributed by atoms with E-state index in [1.54, 1.807) is 55.5 Å². The van der Waals surface area contributed by atoms with Gasteiger partial charge in [-0.05, 0) is 86.0 Å². The topological polar surface area (TPSA) is 114 Å².